The normalized spacial score (nSPS) is 29.9. The van der Waals surface area contributed by atoms with E-state index in [4.69, 9.17) is 5.11 Å². The molecule has 1 fully saturated rings. The molecular weight excluding hydrogens is 161 g/mol. The molecule has 1 rings (SSSR count). The Balaban J connectivity index is 2.52. The van der Waals surface area contributed by atoms with Crippen LogP contribution >= 0.6 is 0 Å². The molecule has 3 nitrogen and oxygen atoms in total. The van der Waals surface area contributed by atoms with Crippen LogP contribution in [0.15, 0.2) is 0 Å². The summed E-state index contributed by atoms with van der Waals surface area (Å²) in [5.41, 5.74) is 0. The van der Waals surface area contributed by atoms with Gasteiger partial charge in [0.25, 0.3) is 0 Å². The molecule has 1 aliphatic rings. The van der Waals surface area contributed by atoms with E-state index in [2.05, 4.69) is 0 Å². The van der Waals surface area contributed by atoms with E-state index in [0.29, 0.717) is 0 Å². The zero-order valence-electron chi connectivity index (χ0n) is 7.33. The minimum absolute atomic E-state index is 0.0399. The molecule has 0 saturated carbocycles. The third-order valence-corrected chi connectivity index (χ3v) is 2.03. The van der Waals surface area contributed by atoms with Crippen molar-refractivity contribution in [3.63, 3.8) is 0 Å². The van der Waals surface area contributed by atoms with Crippen LogP contribution in [-0.4, -0.2) is 41.3 Å². The number of aliphatic hydroxyl groups is 1. The van der Waals surface area contributed by atoms with Crippen LogP contribution in [-0.2, 0) is 4.79 Å². The summed E-state index contributed by atoms with van der Waals surface area (Å²) >= 11 is 0. The number of aliphatic hydroxyl groups excluding tert-OH is 1. The highest BCUT2D eigenvalue weighted by Crippen LogP contribution is 2.15. The first-order chi connectivity index (χ1) is 5.52. The highest BCUT2D eigenvalue weighted by atomic mass is 19.1. The Morgan fingerprint density at radius 2 is 2.17 bits per heavy atom. The van der Waals surface area contributed by atoms with Crippen molar-refractivity contribution >= 4 is 5.91 Å². The maximum atomic E-state index is 12.7. The first kappa shape index (κ1) is 9.45. The number of β-amino-alcohol motifs (C(OH)–C–C–N with tert-alkyl or cyclic N) is 1. The number of carbonyl (C=O) groups is 1. The Morgan fingerprint density at radius 1 is 1.58 bits per heavy atom. The second kappa shape index (κ2) is 3.39. The number of alkyl halides is 1. The third kappa shape index (κ3) is 1.75. The largest absolute Gasteiger partial charge is 0.388 e. The summed E-state index contributed by atoms with van der Waals surface area (Å²) in [4.78, 5) is 12.7. The number of halogens is 1. The number of amides is 1. The second-order valence-corrected chi connectivity index (χ2v) is 3.48. The Hall–Kier alpha value is -0.640. The summed E-state index contributed by atoms with van der Waals surface area (Å²) in [6.07, 6.45) is -2.26. The van der Waals surface area contributed by atoms with E-state index >= 15 is 0 Å². The van der Waals surface area contributed by atoms with Crippen molar-refractivity contribution in [1.29, 1.82) is 0 Å². The Bertz CT molecular complexity index is 174. The molecule has 0 bridgehead atoms. The summed E-state index contributed by atoms with van der Waals surface area (Å²) in [7, 11) is 0. The van der Waals surface area contributed by atoms with Crippen LogP contribution < -0.4 is 0 Å². The molecule has 0 aromatic rings. The van der Waals surface area contributed by atoms with E-state index in [-0.39, 0.29) is 24.9 Å². The molecule has 2 unspecified atom stereocenters. The molecule has 12 heavy (non-hydrogen) atoms. The van der Waals surface area contributed by atoms with Gasteiger partial charge in [-0.2, -0.15) is 0 Å². The number of hydrogen-bond acceptors (Lipinski definition) is 2. The molecule has 1 heterocycles. The fraction of sp³-hybridized carbons (Fsp3) is 0.875. The maximum absolute atomic E-state index is 12.7. The van der Waals surface area contributed by atoms with Gasteiger partial charge in [-0.1, -0.05) is 13.8 Å². The number of rotatable bonds is 1. The predicted molar refractivity (Wildman–Crippen MR) is 42.3 cm³/mol. The van der Waals surface area contributed by atoms with Gasteiger partial charge in [-0.05, 0) is 0 Å². The van der Waals surface area contributed by atoms with Crippen molar-refractivity contribution < 1.29 is 14.3 Å². The van der Waals surface area contributed by atoms with Crippen molar-refractivity contribution in [1.82, 2.24) is 4.90 Å². The molecule has 4 heteroatoms. The van der Waals surface area contributed by atoms with Gasteiger partial charge in [0.05, 0.1) is 6.54 Å². The van der Waals surface area contributed by atoms with Crippen molar-refractivity contribution in [2.45, 2.75) is 26.1 Å². The Morgan fingerprint density at radius 3 is 2.50 bits per heavy atom. The summed E-state index contributed by atoms with van der Waals surface area (Å²) in [6.45, 7) is 3.71. The molecule has 0 radical (unpaired) electrons. The molecular formula is C8H14FNO2. The lowest BCUT2D eigenvalue weighted by atomic mass is 10.2. The van der Waals surface area contributed by atoms with Gasteiger partial charge in [0.2, 0.25) is 5.91 Å². The molecule has 1 saturated heterocycles. The molecule has 1 amide bonds. The van der Waals surface area contributed by atoms with Gasteiger partial charge in [-0.15, -0.1) is 0 Å². The summed E-state index contributed by atoms with van der Waals surface area (Å²) in [6, 6.07) is 0. The maximum Gasteiger partial charge on any atom is 0.225 e. The monoisotopic (exact) mass is 175 g/mol. The van der Waals surface area contributed by atoms with Gasteiger partial charge in [-0.25, -0.2) is 4.39 Å². The molecule has 0 spiro atoms. The summed E-state index contributed by atoms with van der Waals surface area (Å²) < 4.78 is 12.7. The smallest absolute Gasteiger partial charge is 0.225 e. The van der Waals surface area contributed by atoms with E-state index in [9.17, 15) is 9.18 Å². The van der Waals surface area contributed by atoms with Crippen molar-refractivity contribution in [2.24, 2.45) is 5.92 Å². The quantitative estimate of drug-likeness (QED) is 0.617. The van der Waals surface area contributed by atoms with Crippen molar-refractivity contribution in [2.75, 3.05) is 13.1 Å². The molecule has 0 aromatic carbocycles. The average molecular weight is 175 g/mol. The lowest BCUT2D eigenvalue weighted by Gasteiger charge is -2.17. The number of nitrogens with zero attached hydrogens (tertiary/aromatic N) is 1. The van der Waals surface area contributed by atoms with Crippen molar-refractivity contribution in [3.8, 4) is 0 Å². The fourth-order valence-corrected chi connectivity index (χ4v) is 1.29. The first-order valence-electron chi connectivity index (χ1n) is 4.13. The van der Waals surface area contributed by atoms with Crippen LogP contribution in [0, 0.1) is 5.92 Å². The molecule has 70 valence electrons. The number of hydrogen-bond donors (Lipinski definition) is 1. The van der Waals surface area contributed by atoms with E-state index in [0.717, 1.165) is 0 Å². The van der Waals surface area contributed by atoms with Gasteiger partial charge < -0.3 is 10.0 Å². The van der Waals surface area contributed by atoms with Gasteiger partial charge >= 0.3 is 0 Å². The van der Waals surface area contributed by atoms with Crippen LogP contribution in [0.5, 0.6) is 0 Å². The predicted octanol–water partition coefficient (Wildman–Crippen LogP) is 0.184. The zero-order chi connectivity index (χ0) is 9.30. The molecule has 0 aromatic heterocycles. The standard InChI is InChI=1S/C8H14FNO2/c1-5(2)8(12)10-3-6(9)7(11)4-10/h5-7,11H,3-4H2,1-2H3. The first-order valence-corrected chi connectivity index (χ1v) is 4.13. The van der Waals surface area contributed by atoms with Gasteiger partial charge in [0.1, 0.15) is 12.3 Å². The van der Waals surface area contributed by atoms with Crippen LogP contribution in [0.3, 0.4) is 0 Å². The molecule has 1 N–H and O–H groups in total. The third-order valence-electron chi connectivity index (χ3n) is 2.03. The fourth-order valence-electron chi connectivity index (χ4n) is 1.29. The van der Waals surface area contributed by atoms with E-state index in [1.165, 1.54) is 4.90 Å². The lowest BCUT2D eigenvalue weighted by Crippen LogP contribution is -2.32. The van der Waals surface area contributed by atoms with Gasteiger partial charge in [0, 0.05) is 12.5 Å². The minimum Gasteiger partial charge on any atom is -0.388 e. The van der Waals surface area contributed by atoms with E-state index in [1.54, 1.807) is 13.8 Å². The molecule has 2 atom stereocenters. The van der Waals surface area contributed by atoms with Crippen LogP contribution in [0.1, 0.15) is 13.8 Å². The van der Waals surface area contributed by atoms with E-state index in [1.807, 2.05) is 0 Å². The van der Waals surface area contributed by atoms with Crippen LogP contribution in [0.2, 0.25) is 0 Å². The van der Waals surface area contributed by atoms with Crippen molar-refractivity contribution in [3.05, 3.63) is 0 Å². The highest BCUT2D eigenvalue weighted by Gasteiger charge is 2.34. The Kier molecular flexibility index (Phi) is 2.67. The Labute approximate surface area is 71.2 Å². The average Bonchev–Trinajstić information content (AvgIpc) is 2.30. The summed E-state index contributed by atoms with van der Waals surface area (Å²) in [5, 5.41) is 9.03. The topological polar surface area (TPSA) is 40.5 Å². The minimum atomic E-state index is -1.27. The highest BCUT2D eigenvalue weighted by molar-refractivity contribution is 5.78. The van der Waals surface area contributed by atoms with Crippen LogP contribution in [0.25, 0.3) is 0 Å². The van der Waals surface area contributed by atoms with E-state index < -0.39 is 12.3 Å². The molecule has 0 aliphatic carbocycles. The van der Waals surface area contributed by atoms with Gasteiger partial charge in [0.15, 0.2) is 0 Å². The second-order valence-electron chi connectivity index (χ2n) is 3.48. The van der Waals surface area contributed by atoms with Gasteiger partial charge in [-0.3, -0.25) is 4.79 Å². The number of carbonyl (C=O) groups excluding carboxylic acids is 1. The zero-order valence-corrected chi connectivity index (χ0v) is 7.33. The summed E-state index contributed by atoms with van der Waals surface area (Å²) in [5.74, 6) is -0.211. The number of likely N-dealkylation sites (tertiary alicyclic amines) is 1. The lowest BCUT2D eigenvalue weighted by molar-refractivity contribution is -0.133. The van der Waals surface area contributed by atoms with Crippen LogP contribution in [0.4, 0.5) is 4.39 Å². The molecule has 1 aliphatic heterocycles. The SMILES string of the molecule is CC(C)C(=O)N1CC(O)C(F)C1.